The van der Waals surface area contributed by atoms with Crippen molar-refractivity contribution < 1.29 is 9.53 Å². The van der Waals surface area contributed by atoms with Crippen LogP contribution >= 0.6 is 0 Å². The predicted octanol–water partition coefficient (Wildman–Crippen LogP) is 3.60. The molecule has 0 aliphatic heterocycles. The lowest BCUT2D eigenvalue weighted by atomic mass is 10.1. The maximum atomic E-state index is 12.9. The number of ether oxygens (including phenoxy) is 1. The molecule has 0 unspecified atom stereocenters. The molecule has 0 atom stereocenters. The largest absolute Gasteiger partial charge is 0.497 e. The lowest BCUT2D eigenvalue weighted by molar-refractivity contribution is 0.101. The molecule has 2 aromatic carbocycles. The van der Waals surface area contributed by atoms with Gasteiger partial charge in [0.15, 0.2) is 0 Å². The first kappa shape index (κ1) is 15.4. The van der Waals surface area contributed by atoms with E-state index >= 15 is 0 Å². The van der Waals surface area contributed by atoms with Gasteiger partial charge in [-0.05, 0) is 54.6 Å². The van der Waals surface area contributed by atoms with Crippen LogP contribution in [0.15, 0.2) is 59.4 Å². The second-order valence-electron chi connectivity index (χ2n) is 6.21. The van der Waals surface area contributed by atoms with Crippen LogP contribution in [0.25, 0.3) is 10.8 Å². The summed E-state index contributed by atoms with van der Waals surface area (Å²) in [6.45, 7) is 0. The molecule has 1 aliphatic carbocycles. The van der Waals surface area contributed by atoms with Gasteiger partial charge in [-0.15, -0.1) is 0 Å². The quantitative estimate of drug-likeness (QED) is 0.793. The molecular formula is C20H18N2O3. The number of carbonyl (C=O) groups excluding carboxylic acids is 1. The monoisotopic (exact) mass is 334 g/mol. The summed E-state index contributed by atoms with van der Waals surface area (Å²) < 4.78 is 6.87. The van der Waals surface area contributed by atoms with Crippen LogP contribution in [-0.4, -0.2) is 17.6 Å². The van der Waals surface area contributed by atoms with Crippen molar-refractivity contribution in [3.63, 3.8) is 0 Å². The maximum Gasteiger partial charge on any atom is 0.272 e. The maximum absolute atomic E-state index is 12.9. The van der Waals surface area contributed by atoms with Crippen LogP contribution in [-0.2, 0) is 0 Å². The van der Waals surface area contributed by atoms with Crippen molar-refractivity contribution in [3.8, 4) is 5.75 Å². The fourth-order valence-electron chi connectivity index (χ4n) is 3.02. The molecule has 0 saturated heterocycles. The lowest BCUT2D eigenvalue weighted by Gasteiger charge is -2.14. The second kappa shape index (κ2) is 6.09. The Morgan fingerprint density at radius 1 is 1.12 bits per heavy atom. The summed E-state index contributed by atoms with van der Waals surface area (Å²) in [5, 5.41) is 4.18. The molecule has 1 N–H and O–H groups in total. The highest BCUT2D eigenvalue weighted by Crippen LogP contribution is 2.35. The number of fused-ring (bicyclic) bond motifs is 1. The molecule has 4 rings (SSSR count). The summed E-state index contributed by atoms with van der Waals surface area (Å²) >= 11 is 0. The molecule has 0 radical (unpaired) electrons. The van der Waals surface area contributed by atoms with Gasteiger partial charge in [-0.1, -0.05) is 18.2 Å². The normalized spacial score (nSPS) is 13.6. The van der Waals surface area contributed by atoms with Crippen molar-refractivity contribution >= 4 is 22.4 Å². The Morgan fingerprint density at radius 3 is 2.56 bits per heavy atom. The Bertz CT molecular complexity index is 1000. The molecule has 126 valence electrons. The van der Waals surface area contributed by atoms with E-state index in [0.717, 1.165) is 12.8 Å². The van der Waals surface area contributed by atoms with Gasteiger partial charge in [0, 0.05) is 17.1 Å². The topological polar surface area (TPSA) is 60.3 Å². The van der Waals surface area contributed by atoms with Gasteiger partial charge in [-0.3, -0.25) is 9.59 Å². The van der Waals surface area contributed by atoms with Gasteiger partial charge in [0.2, 0.25) is 0 Å². The number of hydrogen-bond acceptors (Lipinski definition) is 3. The van der Waals surface area contributed by atoms with Crippen molar-refractivity contribution in [2.45, 2.75) is 18.9 Å². The number of hydrogen-bond donors (Lipinski definition) is 1. The zero-order chi connectivity index (χ0) is 17.4. The van der Waals surface area contributed by atoms with E-state index in [2.05, 4.69) is 5.32 Å². The van der Waals surface area contributed by atoms with Crippen LogP contribution in [0.1, 0.15) is 29.4 Å². The highest BCUT2D eigenvalue weighted by atomic mass is 16.5. The van der Waals surface area contributed by atoms with Crippen LogP contribution in [0.4, 0.5) is 5.69 Å². The first-order valence-electron chi connectivity index (χ1n) is 8.27. The van der Waals surface area contributed by atoms with Crippen molar-refractivity contribution in [2.24, 2.45) is 0 Å². The molecule has 1 aromatic heterocycles. The molecule has 0 bridgehead atoms. The first-order valence-corrected chi connectivity index (χ1v) is 8.27. The van der Waals surface area contributed by atoms with Gasteiger partial charge in [0.25, 0.3) is 11.5 Å². The lowest BCUT2D eigenvalue weighted by Crippen LogP contribution is -2.28. The van der Waals surface area contributed by atoms with Gasteiger partial charge in [-0.2, -0.15) is 0 Å². The molecule has 3 aromatic rings. The molecule has 1 heterocycles. The minimum atomic E-state index is -0.278. The Kier molecular flexibility index (Phi) is 3.76. The molecule has 1 saturated carbocycles. The zero-order valence-corrected chi connectivity index (χ0v) is 13.9. The van der Waals surface area contributed by atoms with E-state index in [4.69, 9.17) is 4.74 Å². The number of rotatable bonds is 4. The smallest absolute Gasteiger partial charge is 0.272 e. The number of pyridine rings is 1. The van der Waals surface area contributed by atoms with E-state index in [9.17, 15) is 9.59 Å². The van der Waals surface area contributed by atoms with Crippen molar-refractivity contribution in [2.75, 3.05) is 12.4 Å². The molecule has 1 aliphatic rings. The van der Waals surface area contributed by atoms with E-state index in [0.29, 0.717) is 27.9 Å². The molecule has 5 nitrogen and oxygen atoms in total. The van der Waals surface area contributed by atoms with E-state index in [1.165, 1.54) is 0 Å². The van der Waals surface area contributed by atoms with Crippen molar-refractivity contribution in [1.29, 1.82) is 0 Å². The molecular weight excluding hydrogens is 316 g/mol. The number of amides is 1. The van der Waals surface area contributed by atoms with Crippen molar-refractivity contribution in [1.82, 2.24) is 4.57 Å². The average Bonchev–Trinajstić information content (AvgIpc) is 3.46. The van der Waals surface area contributed by atoms with E-state index < -0.39 is 0 Å². The van der Waals surface area contributed by atoms with Crippen LogP contribution in [0.2, 0.25) is 0 Å². The fraction of sp³-hybridized carbons (Fsp3) is 0.200. The summed E-state index contributed by atoms with van der Waals surface area (Å²) in [5.74, 6) is 0.380. The van der Waals surface area contributed by atoms with Crippen molar-refractivity contribution in [3.05, 3.63) is 70.6 Å². The molecule has 5 heteroatoms. The third kappa shape index (κ3) is 2.89. The standard InChI is InChI=1S/C20H18N2O3/c1-25-16-9-10-17-13(11-16)12-18(22(20(17)24)15-7-8-15)19(23)21-14-5-3-2-4-6-14/h2-6,9-12,15H,7-8H2,1H3,(H,21,23). The molecule has 1 amide bonds. The second-order valence-corrected chi connectivity index (χ2v) is 6.21. The number of anilines is 1. The van der Waals surface area contributed by atoms with Gasteiger partial charge < -0.3 is 14.6 Å². The van der Waals surface area contributed by atoms with Gasteiger partial charge in [0.05, 0.1) is 7.11 Å². The Balaban J connectivity index is 1.84. The first-order chi connectivity index (χ1) is 12.2. The van der Waals surface area contributed by atoms with Gasteiger partial charge in [0.1, 0.15) is 11.4 Å². The number of para-hydroxylation sites is 1. The van der Waals surface area contributed by atoms with Crippen LogP contribution in [0.3, 0.4) is 0 Å². The minimum absolute atomic E-state index is 0.107. The van der Waals surface area contributed by atoms with Crippen LogP contribution < -0.4 is 15.6 Å². The Morgan fingerprint density at radius 2 is 1.88 bits per heavy atom. The number of methoxy groups -OCH3 is 1. The van der Waals surface area contributed by atoms with E-state index in [-0.39, 0.29) is 17.5 Å². The van der Waals surface area contributed by atoms with E-state index in [1.807, 2.05) is 30.3 Å². The summed E-state index contributed by atoms with van der Waals surface area (Å²) in [6.07, 6.45) is 1.85. The number of carbonyl (C=O) groups is 1. The minimum Gasteiger partial charge on any atom is -0.497 e. The highest BCUT2D eigenvalue weighted by Gasteiger charge is 2.29. The summed E-state index contributed by atoms with van der Waals surface area (Å²) in [7, 11) is 1.58. The molecule has 1 fully saturated rings. The molecule has 25 heavy (non-hydrogen) atoms. The number of nitrogens with one attached hydrogen (secondary N) is 1. The summed E-state index contributed by atoms with van der Waals surface area (Å²) in [5.41, 5.74) is 0.964. The number of nitrogens with zero attached hydrogens (tertiary/aromatic N) is 1. The highest BCUT2D eigenvalue weighted by molar-refractivity contribution is 6.05. The number of aromatic nitrogens is 1. The van der Waals surface area contributed by atoms with E-state index in [1.54, 1.807) is 35.9 Å². The summed E-state index contributed by atoms with van der Waals surface area (Å²) in [6, 6.07) is 16.4. The average molecular weight is 334 g/mol. The zero-order valence-electron chi connectivity index (χ0n) is 13.9. The van der Waals surface area contributed by atoms with Gasteiger partial charge in [-0.25, -0.2) is 0 Å². The van der Waals surface area contributed by atoms with Gasteiger partial charge >= 0.3 is 0 Å². The third-order valence-electron chi connectivity index (χ3n) is 4.44. The SMILES string of the molecule is COc1ccc2c(=O)n(C3CC3)c(C(=O)Nc3ccccc3)cc2c1. The molecule has 0 spiro atoms. The third-order valence-corrected chi connectivity index (χ3v) is 4.44. The Labute approximate surface area is 144 Å². The summed E-state index contributed by atoms with van der Waals surface area (Å²) in [4.78, 5) is 25.7. The number of benzene rings is 2. The van der Waals surface area contributed by atoms with Crippen LogP contribution in [0, 0.1) is 0 Å². The fourth-order valence-corrected chi connectivity index (χ4v) is 3.02. The van der Waals surface area contributed by atoms with Crippen LogP contribution in [0.5, 0.6) is 5.75 Å². The predicted molar refractivity (Wildman–Crippen MR) is 97.4 cm³/mol. The Hall–Kier alpha value is -3.08.